The SMILES string of the molecule is Oc1ccc(F)cc1-c1nc(CCOCC(F)(F)F)no1. The molecule has 0 aliphatic carbocycles. The maximum Gasteiger partial charge on any atom is 0.411 e. The van der Waals surface area contributed by atoms with Crippen molar-refractivity contribution in [2.75, 3.05) is 13.2 Å². The average molecular weight is 306 g/mol. The Morgan fingerprint density at radius 3 is 2.76 bits per heavy atom. The van der Waals surface area contributed by atoms with E-state index in [0.717, 1.165) is 18.2 Å². The van der Waals surface area contributed by atoms with Crippen molar-refractivity contribution < 1.29 is 31.9 Å². The molecule has 0 radical (unpaired) electrons. The molecule has 0 amide bonds. The molecule has 1 heterocycles. The van der Waals surface area contributed by atoms with Crippen molar-refractivity contribution in [2.24, 2.45) is 0 Å². The van der Waals surface area contributed by atoms with E-state index in [1.807, 2.05) is 0 Å². The van der Waals surface area contributed by atoms with Crippen molar-refractivity contribution in [1.82, 2.24) is 10.1 Å². The van der Waals surface area contributed by atoms with Crippen LogP contribution in [0, 0.1) is 5.82 Å². The van der Waals surface area contributed by atoms with Crippen LogP contribution in [0.25, 0.3) is 11.5 Å². The lowest BCUT2D eigenvalue weighted by Crippen LogP contribution is -2.18. The molecule has 0 saturated carbocycles. The number of phenols is 1. The van der Waals surface area contributed by atoms with E-state index in [1.165, 1.54) is 0 Å². The topological polar surface area (TPSA) is 68.4 Å². The Balaban J connectivity index is 1.97. The fourth-order valence-corrected chi connectivity index (χ4v) is 1.50. The minimum atomic E-state index is -4.39. The number of rotatable bonds is 5. The van der Waals surface area contributed by atoms with Crippen molar-refractivity contribution >= 4 is 0 Å². The highest BCUT2D eigenvalue weighted by Gasteiger charge is 2.27. The van der Waals surface area contributed by atoms with Crippen LogP contribution in [0.4, 0.5) is 17.6 Å². The van der Waals surface area contributed by atoms with Gasteiger partial charge < -0.3 is 14.4 Å². The largest absolute Gasteiger partial charge is 0.507 e. The minimum Gasteiger partial charge on any atom is -0.507 e. The zero-order chi connectivity index (χ0) is 15.5. The van der Waals surface area contributed by atoms with E-state index < -0.39 is 18.6 Å². The number of phenolic OH excluding ortho intramolecular Hbond substituents is 1. The third-order valence-corrected chi connectivity index (χ3v) is 2.39. The molecule has 0 fully saturated rings. The van der Waals surface area contributed by atoms with Crippen LogP contribution < -0.4 is 0 Å². The number of aromatic hydroxyl groups is 1. The summed E-state index contributed by atoms with van der Waals surface area (Å²) in [6, 6.07) is 3.19. The predicted molar refractivity (Wildman–Crippen MR) is 61.9 cm³/mol. The maximum atomic E-state index is 13.1. The first-order valence-corrected chi connectivity index (χ1v) is 5.81. The minimum absolute atomic E-state index is 0.00431. The maximum absolute atomic E-state index is 13.1. The first kappa shape index (κ1) is 15.2. The highest BCUT2D eigenvalue weighted by molar-refractivity contribution is 5.61. The van der Waals surface area contributed by atoms with E-state index in [4.69, 9.17) is 4.52 Å². The predicted octanol–water partition coefficient (Wildman–Crippen LogP) is 2.70. The van der Waals surface area contributed by atoms with Gasteiger partial charge in [-0.15, -0.1) is 0 Å². The number of alkyl halides is 3. The van der Waals surface area contributed by atoms with Gasteiger partial charge in [-0.05, 0) is 18.2 Å². The summed E-state index contributed by atoms with van der Waals surface area (Å²) in [6.45, 7) is -1.60. The Morgan fingerprint density at radius 2 is 2.05 bits per heavy atom. The van der Waals surface area contributed by atoms with Gasteiger partial charge in [-0.2, -0.15) is 18.2 Å². The van der Waals surface area contributed by atoms with E-state index >= 15 is 0 Å². The van der Waals surface area contributed by atoms with Crippen molar-refractivity contribution in [3.63, 3.8) is 0 Å². The molecule has 0 saturated heterocycles. The highest BCUT2D eigenvalue weighted by atomic mass is 19.4. The second-order valence-corrected chi connectivity index (χ2v) is 4.09. The van der Waals surface area contributed by atoms with Gasteiger partial charge in [0.15, 0.2) is 5.82 Å². The van der Waals surface area contributed by atoms with Crippen molar-refractivity contribution in [3.05, 3.63) is 29.8 Å². The van der Waals surface area contributed by atoms with Crippen LogP contribution in [0.5, 0.6) is 5.75 Å². The smallest absolute Gasteiger partial charge is 0.411 e. The van der Waals surface area contributed by atoms with Crippen LogP contribution in [0.15, 0.2) is 22.7 Å². The fourth-order valence-electron chi connectivity index (χ4n) is 1.50. The molecule has 0 aliphatic heterocycles. The van der Waals surface area contributed by atoms with Gasteiger partial charge in [0.25, 0.3) is 5.89 Å². The Morgan fingerprint density at radius 1 is 1.29 bits per heavy atom. The molecule has 1 aromatic carbocycles. The van der Waals surface area contributed by atoms with Gasteiger partial charge >= 0.3 is 6.18 Å². The van der Waals surface area contributed by atoms with Crippen LogP contribution in [0.2, 0.25) is 0 Å². The van der Waals surface area contributed by atoms with Crippen molar-refractivity contribution in [1.29, 1.82) is 0 Å². The third kappa shape index (κ3) is 4.42. The van der Waals surface area contributed by atoms with Gasteiger partial charge in [-0.1, -0.05) is 5.16 Å². The van der Waals surface area contributed by atoms with Crippen molar-refractivity contribution in [2.45, 2.75) is 12.6 Å². The summed E-state index contributed by atoms with van der Waals surface area (Å²) in [5, 5.41) is 13.1. The lowest BCUT2D eigenvalue weighted by atomic mass is 10.2. The summed E-state index contributed by atoms with van der Waals surface area (Å²) < 4.78 is 57.8. The van der Waals surface area contributed by atoms with E-state index in [2.05, 4.69) is 14.9 Å². The monoisotopic (exact) mass is 306 g/mol. The molecular formula is C12H10F4N2O3. The summed E-state index contributed by atoms with van der Waals surface area (Å²) in [5.74, 6) is -0.885. The Bertz CT molecular complexity index is 613. The Kier molecular flexibility index (Phi) is 4.41. The summed E-state index contributed by atoms with van der Waals surface area (Å²) in [5.41, 5.74) is 0.00459. The summed E-state index contributed by atoms with van der Waals surface area (Å²) in [7, 11) is 0. The van der Waals surface area contributed by atoms with Gasteiger partial charge in [0.2, 0.25) is 0 Å². The first-order chi connectivity index (χ1) is 9.85. The molecule has 2 aromatic rings. The number of nitrogens with zero attached hydrogens (tertiary/aromatic N) is 2. The van der Waals surface area contributed by atoms with Crippen LogP contribution in [-0.4, -0.2) is 34.6 Å². The molecule has 0 spiro atoms. The number of halogens is 4. The van der Waals surface area contributed by atoms with E-state index in [0.29, 0.717) is 0 Å². The number of benzene rings is 1. The molecular weight excluding hydrogens is 296 g/mol. The highest BCUT2D eigenvalue weighted by Crippen LogP contribution is 2.28. The van der Waals surface area contributed by atoms with Crippen LogP contribution in [-0.2, 0) is 11.2 Å². The molecule has 0 unspecified atom stereocenters. The van der Waals surface area contributed by atoms with Gasteiger partial charge in [0.05, 0.1) is 12.2 Å². The normalized spacial score (nSPS) is 11.8. The number of aromatic nitrogens is 2. The molecule has 0 bridgehead atoms. The molecule has 0 atom stereocenters. The van der Waals surface area contributed by atoms with Gasteiger partial charge in [0.1, 0.15) is 18.2 Å². The molecule has 21 heavy (non-hydrogen) atoms. The molecule has 1 N–H and O–H groups in total. The average Bonchev–Trinajstić information content (AvgIpc) is 2.85. The van der Waals surface area contributed by atoms with E-state index in [9.17, 15) is 22.7 Å². The molecule has 9 heteroatoms. The summed E-state index contributed by atoms with van der Waals surface area (Å²) in [4.78, 5) is 3.85. The lowest BCUT2D eigenvalue weighted by Gasteiger charge is -2.05. The molecule has 1 aromatic heterocycles. The third-order valence-electron chi connectivity index (χ3n) is 2.39. The molecule has 5 nitrogen and oxygen atoms in total. The quantitative estimate of drug-likeness (QED) is 0.679. The van der Waals surface area contributed by atoms with Gasteiger partial charge in [-0.25, -0.2) is 4.39 Å². The number of hydrogen-bond donors (Lipinski definition) is 1. The lowest BCUT2D eigenvalue weighted by molar-refractivity contribution is -0.173. The Labute approximate surface area is 116 Å². The molecule has 114 valence electrons. The van der Waals surface area contributed by atoms with Crippen molar-refractivity contribution in [3.8, 4) is 17.2 Å². The molecule has 2 rings (SSSR count). The second kappa shape index (κ2) is 6.08. The van der Waals surface area contributed by atoms with Gasteiger partial charge in [-0.3, -0.25) is 0 Å². The number of ether oxygens (including phenoxy) is 1. The van der Waals surface area contributed by atoms with Gasteiger partial charge in [0, 0.05) is 6.42 Å². The van der Waals surface area contributed by atoms with Crippen LogP contribution in [0.1, 0.15) is 5.82 Å². The zero-order valence-electron chi connectivity index (χ0n) is 10.5. The Hall–Kier alpha value is -2.16. The first-order valence-electron chi connectivity index (χ1n) is 5.81. The van der Waals surface area contributed by atoms with Crippen LogP contribution >= 0.6 is 0 Å². The zero-order valence-corrected chi connectivity index (χ0v) is 10.5. The summed E-state index contributed by atoms with van der Waals surface area (Å²) >= 11 is 0. The standard InChI is InChI=1S/C12H10F4N2O3/c13-7-1-2-9(19)8(5-7)11-17-10(18-21-11)3-4-20-6-12(14,15)16/h1-2,5,19H,3-4,6H2. The second-order valence-electron chi connectivity index (χ2n) is 4.09. The molecule has 0 aliphatic rings. The van der Waals surface area contributed by atoms with E-state index in [-0.39, 0.29) is 36.1 Å². The number of hydrogen-bond acceptors (Lipinski definition) is 5. The fraction of sp³-hybridized carbons (Fsp3) is 0.333. The van der Waals surface area contributed by atoms with E-state index in [1.54, 1.807) is 0 Å². The van der Waals surface area contributed by atoms with Crippen LogP contribution in [0.3, 0.4) is 0 Å². The summed E-state index contributed by atoms with van der Waals surface area (Å²) in [6.07, 6.45) is -4.40.